The highest BCUT2D eigenvalue weighted by Gasteiger charge is 2.42. The first kappa shape index (κ1) is 23.6. The van der Waals surface area contributed by atoms with Crippen LogP contribution in [0.5, 0.6) is 0 Å². The van der Waals surface area contributed by atoms with E-state index in [1.165, 1.54) is 0 Å². The van der Waals surface area contributed by atoms with Crippen molar-refractivity contribution in [3.63, 3.8) is 0 Å². The number of rotatable bonds is 11. The van der Waals surface area contributed by atoms with Crippen molar-refractivity contribution in [1.29, 1.82) is 0 Å². The molecule has 0 aliphatic carbocycles. The Kier molecular flexibility index (Phi) is 8.48. The molecule has 0 aromatic rings. The molecule has 29 heavy (non-hydrogen) atoms. The quantitative estimate of drug-likeness (QED) is 0.145. The van der Waals surface area contributed by atoms with Crippen LogP contribution in [0.2, 0.25) is 0 Å². The number of amides is 3. The van der Waals surface area contributed by atoms with E-state index in [0.29, 0.717) is 12.8 Å². The third kappa shape index (κ3) is 5.93. The fraction of sp³-hybridized carbons (Fsp3) is 0.812. The van der Waals surface area contributed by atoms with Crippen molar-refractivity contribution in [3.05, 3.63) is 0 Å². The number of carboxylic acid groups (broad SMARTS) is 1. The molecule has 8 atom stereocenters. The van der Waals surface area contributed by atoms with Crippen LogP contribution in [0.1, 0.15) is 19.3 Å². The largest absolute Gasteiger partial charge is 0.480 e. The summed E-state index contributed by atoms with van der Waals surface area (Å²) in [6.07, 6.45) is -6.98. The molecule has 2 fully saturated rings. The summed E-state index contributed by atoms with van der Waals surface area (Å²) in [6.45, 7) is -0.901. The molecule has 0 saturated carbocycles. The minimum absolute atomic E-state index is 0.0261. The van der Waals surface area contributed by atoms with Gasteiger partial charge < -0.3 is 46.6 Å². The van der Waals surface area contributed by atoms with Crippen molar-refractivity contribution < 1.29 is 45.0 Å². The smallest absolute Gasteiger partial charge is 0.326 e. The van der Waals surface area contributed by atoms with Crippen LogP contribution in [0.25, 0.3) is 0 Å². The summed E-state index contributed by atoms with van der Waals surface area (Å²) in [7, 11) is 0. The van der Waals surface area contributed by atoms with Crippen LogP contribution in [-0.2, 0) is 9.59 Å². The third-order valence-electron chi connectivity index (χ3n) is 5.06. The van der Waals surface area contributed by atoms with Crippen LogP contribution in [0.15, 0.2) is 0 Å². The van der Waals surface area contributed by atoms with Crippen LogP contribution in [0.4, 0.5) is 4.79 Å². The van der Waals surface area contributed by atoms with Crippen LogP contribution in [0.3, 0.4) is 0 Å². The Hall–Kier alpha value is -1.64. The van der Waals surface area contributed by atoms with Crippen LogP contribution >= 0.6 is 11.8 Å². The molecule has 9 N–H and O–H groups in total. The molecular formula is C16H27N3O9S. The average Bonchev–Trinajstić information content (AvgIpc) is 3.23. The van der Waals surface area contributed by atoms with E-state index in [0.717, 1.165) is 5.75 Å². The molecule has 0 spiro atoms. The molecular weight excluding hydrogens is 410 g/mol. The van der Waals surface area contributed by atoms with Crippen molar-refractivity contribution in [2.75, 3.05) is 12.4 Å². The molecule has 2 rings (SSSR count). The lowest BCUT2D eigenvalue weighted by atomic mass is 10.0. The van der Waals surface area contributed by atoms with Crippen LogP contribution in [-0.4, -0.2) is 109 Å². The molecule has 0 bridgehead atoms. The normalized spacial score (nSPS) is 28.4. The molecule has 13 heteroatoms. The van der Waals surface area contributed by atoms with Crippen LogP contribution < -0.4 is 16.0 Å². The van der Waals surface area contributed by atoms with Gasteiger partial charge in [0.05, 0.1) is 18.7 Å². The standard InChI is InChI=1S/C16H27N3O9S/c20-4-8(21)11(22)12(23)13(24)14(25)17-6(15(26)27)2-1-3-9-10-7(5-29-9)18-16(28)19-10/h6-13,20-24H,1-5H2,(H,17,25)(H,26,27)(H2,18,19,28)/t6?,7-,8+,9-,10-,11+,12-,13+/m0/s1. The lowest BCUT2D eigenvalue weighted by Gasteiger charge is -2.26. The van der Waals surface area contributed by atoms with Gasteiger partial charge in [-0.1, -0.05) is 0 Å². The Morgan fingerprint density at radius 2 is 1.86 bits per heavy atom. The van der Waals surface area contributed by atoms with E-state index in [9.17, 15) is 39.9 Å². The Labute approximate surface area is 170 Å². The maximum absolute atomic E-state index is 12.0. The number of thioether (sulfide) groups is 1. The van der Waals surface area contributed by atoms with E-state index in [1.807, 2.05) is 0 Å². The highest BCUT2D eigenvalue weighted by molar-refractivity contribution is 8.00. The molecule has 3 amide bonds. The summed E-state index contributed by atoms with van der Waals surface area (Å²) in [5.41, 5.74) is 0. The lowest BCUT2D eigenvalue weighted by molar-refractivity contribution is -0.153. The zero-order valence-corrected chi connectivity index (χ0v) is 16.3. The summed E-state index contributed by atoms with van der Waals surface area (Å²) < 4.78 is 0. The van der Waals surface area contributed by atoms with E-state index in [2.05, 4.69) is 16.0 Å². The molecule has 166 valence electrons. The van der Waals surface area contributed by atoms with Gasteiger partial charge in [0.2, 0.25) is 0 Å². The van der Waals surface area contributed by atoms with Gasteiger partial charge in [-0.2, -0.15) is 11.8 Å². The Bertz CT molecular complexity index is 610. The number of aliphatic hydroxyl groups excluding tert-OH is 5. The van der Waals surface area contributed by atoms with E-state index in [4.69, 9.17) is 5.11 Å². The molecule has 12 nitrogen and oxygen atoms in total. The second-order valence-corrected chi connectivity index (χ2v) is 8.40. The average molecular weight is 437 g/mol. The summed E-state index contributed by atoms with van der Waals surface area (Å²) in [6, 6.07) is -1.53. The van der Waals surface area contributed by atoms with Gasteiger partial charge in [-0.25, -0.2) is 9.59 Å². The number of hydrogen-bond acceptors (Lipinski definition) is 9. The molecule has 0 aromatic carbocycles. The van der Waals surface area contributed by atoms with Crippen molar-refractivity contribution in [2.24, 2.45) is 0 Å². The first-order valence-electron chi connectivity index (χ1n) is 9.20. The molecule has 0 radical (unpaired) electrons. The lowest BCUT2D eigenvalue weighted by Crippen LogP contribution is -2.54. The molecule has 2 aliphatic rings. The fourth-order valence-corrected chi connectivity index (χ4v) is 4.90. The first-order chi connectivity index (χ1) is 13.6. The Balaban J connectivity index is 1.82. The highest BCUT2D eigenvalue weighted by atomic mass is 32.2. The van der Waals surface area contributed by atoms with Gasteiger partial charge in [-0.15, -0.1) is 0 Å². The zero-order chi connectivity index (χ0) is 21.7. The SMILES string of the molecule is O=C1N[C@H]2[C@H](CS[C@H]2CCCC(NC(=O)[C@H](O)[C@@H](O)[C@H](O)[C@H](O)CO)C(=O)O)N1. The van der Waals surface area contributed by atoms with Gasteiger partial charge >= 0.3 is 12.0 Å². The van der Waals surface area contributed by atoms with Crippen molar-refractivity contribution in [2.45, 2.75) is 67.1 Å². The molecule has 0 aromatic heterocycles. The van der Waals surface area contributed by atoms with E-state index < -0.39 is 48.9 Å². The van der Waals surface area contributed by atoms with Crippen LogP contribution in [0, 0.1) is 0 Å². The van der Waals surface area contributed by atoms with Gasteiger partial charge in [0.15, 0.2) is 6.10 Å². The number of aliphatic hydroxyl groups is 5. The van der Waals surface area contributed by atoms with Crippen molar-refractivity contribution in [1.82, 2.24) is 16.0 Å². The van der Waals surface area contributed by atoms with Gasteiger partial charge in [-0.3, -0.25) is 4.79 Å². The van der Waals surface area contributed by atoms with E-state index in [-0.39, 0.29) is 29.8 Å². The second kappa shape index (κ2) is 10.4. The van der Waals surface area contributed by atoms with Crippen molar-refractivity contribution in [3.8, 4) is 0 Å². The van der Waals surface area contributed by atoms with E-state index in [1.54, 1.807) is 11.8 Å². The molecule has 2 saturated heterocycles. The monoisotopic (exact) mass is 437 g/mol. The number of nitrogens with one attached hydrogen (secondary N) is 3. The number of aliphatic carboxylic acids is 1. The summed E-state index contributed by atoms with van der Waals surface area (Å²) >= 11 is 1.67. The van der Waals surface area contributed by atoms with Gasteiger partial charge in [0.25, 0.3) is 5.91 Å². The predicted molar refractivity (Wildman–Crippen MR) is 100 cm³/mol. The number of carbonyl (C=O) groups excluding carboxylic acids is 2. The number of urea groups is 1. The number of carboxylic acids is 1. The molecule has 2 aliphatic heterocycles. The molecule has 2 heterocycles. The maximum atomic E-state index is 12.0. The number of fused-ring (bicyclic) bond motifs is 1. The van der Waals surface area contributed by atoms with Gasteiger partial charge in [-0.05, 0) is 19.3 Å². The van der Waals surface area contributed by atoms with Crippen molar-refractivity contribution >= 4 is 29.7 Å². The third-order valence-corrected chi connectivity index (χ3v) is 6.57. The Morgan fingerprint density at radius 3 is 2.48 bits per heavy atom. The zero-order valence-electron chi connectivity index (χ0n) is 15.5. The highest BCUT2D eigenvalue weighted by Crippen LogP contribution is 2.33. The topological polar surface area (TPSA) is 209 Å². The van der Waals surface area contributed by atoms with E-state index >= 15 is 0 Å². The minimum atomic E-state index is -2.20. The molecule has 1 unspecified atom stereocenters. The summed E-state index contributed by atoms with van der Waals surface area (Å²) in [4.78, 5) is 34.8. The second-order valence-electron chi connectivity index (χ2n) is 7.13. The maximum Gasteiger partial charge on any atom is 0.326 e. The number of hydrogen-bond donors (Lipinski definition) is 9. The summed E-state index contributed by atoms with van der Waals surface area (Å²) in [5.74, 6) is -1.79. The fourth-order valence-electron chi connectivity index (χ4n) is 3.36. The minimum Gasteiger partial charge on any atom is -0.480 e. The summed E-state index contributed by atoms with van der Waals surface area (Å²) in [5, 5.41) is 64.2. The predicted octanol–water partition coefficient (Wildman–Crippen LogP) is -3.67. The van der Waals surface area contributed by atoms with Gasteiger partial charge in [0, 0.05) is 11.0 Å². The Morgan fingerprint density at radius 1 is 1.17 bits per heavy atom. The van der Waals surface area contributed by atoms with Gasteiger partial charge in [0.1, 0.15) is 24.4 Å². The number of carbonyl (C=O) groups is 3. The first-order valence-corrected chi connectivity index (χ1v) is 10.3.